The van der Waals surface area contributed by atoms with E-state index in [1.54, 1.807) is 0 Å². The maximum absolute atomic E-state index is 9.59. The Morgan fingerprint density at radius 2 is 1.92 bits per heavy atom. The fourth-order valence-corrected chi connectivity index (χ4v) is 1.40. The first kappa shape index (κ1) is 10.2. The van der Waals surface area contributed by atoms with Crippen LogP contribution in [0, 0.1) is 0 Å². The summed E-state index contributed by atoms with van der Waals surface area (Å²) in [6, 6.07) is 10.0. The number of hydrogen-bond acceptors (Lipinski definition) is 2. The molecule has 0 radical (unpaired) electrons. The van der Waals surface area contributed by atoms with Crippen molar-refractivity contribution in [2.24, 2.45) is 5.73 Å². The van der Waals surface area contributed by atoms with Crippen LogP contribution in [0.4, 0.5) is 0 Å². The Bertz CT molecular complexity index is 233. The summed E-state index contributed by atoms with van der Waals surface area (Å²) in [5, 5.41) is 9.59. The van der Waals surface area contributed by atoms with E-state index in [0.717, 1.165) is 5.56 Å². The lowest BCUT2D eigenvalue weighted by Crippen LogP contribution is -2.24. The molecule has 1 rings (SSSR count). The fourth-order valence-electron chi connectivity index (χ4n) is 1.40. The van der Waals surface area contributed by atoms with Gasteiger partial charge in [-0.1, -0.05) is 30.3 Å². The van der Waals surface area contributed by atoms with E-state index in [4.69, 9.17) is 5.73 Å². The third-order valence-corrected chi connectivity index (χ3v) is 1.96. The summed E-state index contributed by atoms with van der Waals surface area (Å²) in [7, 11) is 0. The first-order chi connectivity index (χ1) is 6.18. The van der Waals surface area contributed by atoms with Gasteiger partial charge in [-0.15, -0.1) is 0 Å². The van der Waals surface area contributed by atoms with Crippen molar-refractivity contribution in [3.8, 4) is 0 Å². The first-order valence-corrected chi connectivity index (χ1v) is 4.66. The summed E-state index contributed by atoms with van der Waals surface area (Å²) in [6.45, 7) is 1.91. The molecule has 0 aromatic heterocycles. The molecule has 0 aliphatic carbocycles. The minimum absolute atomic E-state index is 0.0683. The second-order valence-corrected chi connectivity index (χ2v) is 3.56. The molecule has 3 N–H and O–H groups in total. The van der Waals surface area contributed by atoms with Crippen LogP contribution in [0.1, 0.15) is 18.9 Å². The van der Waals surface area contributed by atoms with Gasteiger partial charge in [0, 0.05) is 6.04 Å². The van der Waals surface area contributed by atoms with Crippen molar-refractivity contribution in [1.82, 2.24) is 0 Å². The zero-order valence-electron chi connectivity index (χ0n) is 7.98. The summed E-state index contributed by atoms with van der Waals surface area (Å²) in [4.78, 5) is 0. The predicted molar refractivity (Wildman–Crippen MR) is 54.4 cm³/mol. The van der Waals surface area contributed by atoms with E-state index in [2.05, 4.69) is 0 Å². The van der Waals surface area contributed by atoms with Gasteiger partial charge < -0.3 is 10.8 Å². The molecule has 0 heterocycles. The van der Waals surface area contributed by atoms with Gasteiger partial charge in [-0.05, 0) is 25.3 Å². The Kier molecular flexibility index (Phi) is 3.93. The van der Waals surface area contributed by atoms with Crippen molar-refractivity contribution >= 4 is 0 Å². The third kappa shape index (κ3) is 4.06. The minimum atomic E-state index is -0.317. The number of hydrogen-bond donors (Lipinski definition) is 2. The lowest BCUT2D eigenvalue weighted by Gasteiger charge is -2.12. The van der Waals surface area contributed by atoms with Gasteiger partial charge in [0.2, 0.25) is 0 Å². The van der Waals surface area contributed by atoms with Crippen LogP contribution < -0.4 is 5.73 Å². The van der Waals surface area contributed by atoms with Crippen molar-refractivity contribution in [2.45, 2.75) is 31.9 Å². The van der Waals surface area contributed by atoms with Crippen molar-refractivity contribution in [3.63, 3.8) is 0 Å². The summed E-state index contributed by atoms with van der Waals surface area (Å²) < 4.78 is 0. The molecule has 13 heavy (non-hydrogen) atoms. The number of benzene rings is 1. The van der Waals surface area contributed by atoms with Crippen LogP contribution in [-0.2, 0) is 6.42 Å². The molecule has 2 nitrogen and oxygen atoms in total. The highest BCUT2D eigenvalue weighted by Gasteiger charge is 2.07. The average Bonchev–Trinajstić information content (AvgIpc) is 2.04. The third-order valence-electron chi connectivity index (χ3n) is 1.96. The van der Waals surface area contributed by atoms with Gasteiger partial charge in [0.1, 0.15) is 0 Å². The average molecular weight is 179 g/mol. The Balaban J connectivity index is 2.41. The van der Waals surface area contributed by atoms with Gasteiger partial charge in [0.25, 0.3) is 0 Å². The van der Waals surface area contributed by atoms with Crippen molar-refractivity contribution < 1.29 is 5.11 Å². The Hall–Kier alpha value is -0.860. The van der Waals surface area contributed by atoms with Crippen LogP contribution in [0.25, 0.3) is 0 Å². The quantitative estimate of drug-likeness (QED) is 0.732. The summed E-state index contributed by atoms with van der Waals surface area (Å²) in [5.41, 5.74) is 6.75. The first-order valence-electron chi connectivity index (χ1n) is 4.66. The minimum Gasteiger partial charge on any atom is -0.393 e. The molecule has 0 amide bonds. The highest BCUT2D eigenvalue weighted by atomic mass is 16.3. The molecule has 0 unspecified atom stereocenters. The molecule has 0 saturated heterocycles. The molecule has 2 atom stereocenters. The molecular weight excluding hydrogens is 162 g/mol. The van der Waals surface area contributed by atoms with Gasteiger partial charge in [0.15, 0.2) is 0 Å². The number of aliphatic hydroxyl groups excluding tert-OH is 1. The number of rotatable bonds is 4. The standard InChI is InChI=1S/C11H17NO/c1-9(12)7-11(13)8-10-5-3-2-4-6-10/h2-6,9,11,13H,7-8,12H2,1H3/t9-,11+/m0/s1. The van der Waals surface area contributed by atoms with E-state index in [0.29, 0.717) is 12.8 Å². The van der Waals surface area contributed by atoms with Crippen LogP contribution in [0.3, 0.4) is 0 Å². The van der Waals surface area contributed by atoms with Gasteiger partial charge in [-0.3, -0.25) is 0 Å². The lowest BCUT2D eigenvalue weighted by atomic mass is 10.0. The van der Waals surface area contributed by atoms with Crippen LogP contribution in [0.5, 0.6) is 0 Å². The van der Waals surface area contributed by atoms with Crippen LogP contribution in [0.2, 0.25) is 0 Å². The second kappa shape index (κ2) is 5.00. The summed E-state index contributed by atoms with van der Waals surface area (Å²) >= 11 is 0. The van der Waals surface area contributed by atoms with Gasteiger partial charge in [0.05, 0.1) is 6.10 Å². The largest absolute Gasteiger partial charge is 0.393 e. The molecule has 2 heteroatoms. The van der Waals surface area contributed by atoms with Crippen molar-refractivity contribution in [1.29, 1.82) is 0 Å². The highest BCUT2D eigenvalue weighted by molar-refractivity contribution is 5.15. The van der Waals surface area contributed by atoms with E-state index in [9.17, 15) is 5.11 Å². The van der Waals surface area contributed by atoms with Crippen molar-refractivity contribution in [2.75, 3.05) is 0 Å². The van der Waals surface area contributed by atoms with E-state index in [1.807, 2.05) is 37.3 Å². The second-order valence-electron chi connectivity index (χ2n) is 3.56. The molecule has 0 aliphatic heterocycles. The zero-order valence-corrected chi connectivity index (χ0v) is 7.98. The molecule has 0 spiro atoms. The zero-order chi connectivity index (χ0) is 9.68. The topological polar surface area (TPSA) is 46.2 Å². The van der Waals surface area contributed by atoms with E-state index in [1.165, 1.54) is 0 Å². The Labute approximate surface area is 79.4 Å². The molecular formula is C11H17NO. The summed E-state index contributed by atoms with van der Waals surface area (Å²) in [6.07, 6.45) is 1.04. The van der Waals surface area contributed by atoms with Crippen LogP contribution in [-0.4, -0.2) is 17.3 Å². The van der Waals surface area contributed by atoms with Crippen molar-refractivity contribution in [3.05, 3.63) is 35.9 Å². The Morgan fingerprint density at radius 1 is 1.31 bits per heavy atom. The van der Waals surface area contributed by atoms with Crippen LogP contribution >= 0.6 is 0 Å². The molecule has 0 fully saturated rings. The van der Waals surface area contributed by atoms with E-state index >= 15 is 0 Å². The molecule has 0 saturated carbocycles. The normalized spacial score (nSPS) is 15.3. The van der Waals surface area contributed by atoms with E-state index < -0.39 is 0 Å². The predicted octanol–water partition coefficient (Wildman–Crippen LogP) is 1.33. The van der Waals surface area contributed by atoms with E-state index in [-0.39, 0.29) is 12.1 Å². The fraction of sp³-hybridized carbons (Fsp3) is 0.455. The molecule has 72 valence electrons. The number of aliphatic hydroxyl groups is 1. The molecule has 0 aliphatic rings. The van der Waals surface area contributed by atoms with Gasteiger partial charge in [-0.25, -0.2) is 0 Å². The maximum Gasteiger partial charge on any atom is 0.0595 e. The molecule has 0 bridgehead atoms. The van der Waals surface area contributed by atoms with Gasteiger partial charge in [-0.2, -0.15) is 0 Å². The lowest BCUT2D eigenvalue weighted by molar-refractivity contribution is 0.158. The number of nitrogens with two attached hydrogens (primary N) is 1. The highest BCUT2D eigenvalue weighted by Crippen LogP contribution is 2.06. The Morgan fingerprint density at radius 3 is 2.46 bits per heavy atom. The molecule has 1 aromatic rings. The SMILES string of the molecule is C[C@H](N)C[C@@H](O)Cc1ccccc1. The monoisotopic (exact) mass is 179 g/mol. The van der Waals surface area contributed by atoms with Gasteiger partial charge >= 0.3 is 0 Å². The van der Waals surface area contributed by atoms with Crippen LogP contribution in [0.15, 0.2) is 30.3 Å². The summed E-state index contributed by atoms with van der Waals surface area (Å²) in [5.74, 6) is 0. The molecule has 1 aromatic carbocycles. The maximum atomic E-state index is 9.59. The smallest absolute Gasteiger partial charge is 0.0595 e.